The van der Waals surface area contributed by atoms with Gasteiger partial charge in [0.1, 0.15) is 18.2 Å². The van der Waals surface area contributed by atoms with E-state index in [1.165, 1.54) is 9.80 Å². The second kappa shape index (κ2) is 16.2. The fourth-order valence-corrected chi connectivity index (χ4v) is 8.90. The lowest BCUT2D eigenvalue weighted by Crippen LogP contribution is -2.60. The molecule has 5 rings (SSSR count). The minimum Gasteiger partial charge on any atom is -0.463 e. The van der Waals surface area contributed by atoms with Crippen LogP contribution in [-0.4, -0.2) is 82.1 Å². The predicted octanol–water partition coefficient (Wildman–Crippen LogP) is 5.38. The van der Waals surface area contributed by atoms with Crippen molar-refractivity contribution in [2.45, 2.75) is 74.2 Å². The van der Waals surface area contributed by atoms with Crippen LogP contribution in [0.2, 0.25) is 5.02 Å². The van der Waals surface area contributed by atoms with E-state index in [0.29, 0.717) is 23.6 Å². The molecule has 2 aromatic rings. The van der Waals surface area contributed by atoms with Crippen LogP contribution in [0.5, 0.6) is 0 Å². The first-order valence-corrected chi connectivity index (χ1v) is 18.4. The highest BCUT2D eigenvalue weighted by atomic mass is 79.9. The Balaban J connectivity index is 1.54. The number of ether oxygens (including phenoxy) is 2. The smallest absolute Gasteiger partial charge is 0.306 e. The van der Waals surface area contributed by atoms with Crippen molar-refractivity contribution < 1.29 is 33.8 Å². The minimum atomic E-state index is -1.38. The van der Waals surface area contributed by atoms with Crippen molar-refractivity contribution in [3.05, 3.63) is 90.5 Å². The first-order valence-electron chi connectivity index (χ1n) is 17.1. The molecule has 1 spiro atoms. The molecule has 3 heterocycles. The Morgan fingerprint density at radius 2 is 1.88 bits per heavy atom. The number of esters is 1. The number of carbonyl (C=O) groups excluding carboxylic acids is 4. The molecule has 2 bridgehead atoms. The number of hydrogen-bond donors (Lipinski definition) is 2. The van der Waals surface area contributed by atoms with Crippen molar-refractivity contribution in [3.63, 3.8) is 0 Å². The summed E-state index contributed by atoms with van der Waals surface area (Å²) in [5, 5.41) is 14.1. The number of allylic oxidation sites excluding steroid dienone is 1. The number of aliphatic hydroxyl groups excluding tert-OH is 1. The summed E-state index contributed by atoms with van der Waals surface area (Å²) in [5.74, 6) is -3.91. The largest absolute Gasteiger partial charge is 0.463 e. The number of nitrogens with one attached hydrogen (secondary N) is 1. The van der Waals surface area contributed by atoms with Gasteiger partial charge in [0.05, 0.1) is 47.3 Å². The van der Waals surface area contributed by atoms with Gasteiger partial charge in [0, 0.05) is 17.8 Å². The van der Waals surface area contributed by atoms with E-state index in [1.807, 2.05) is 44.2 Å². The van der Waals surface area contributed by atoms with Crippen molar-refractivity contribution >= 4 is 56.9 Å². The van der Waals surface area contributed by atoms with E-state index in [-0.39, 0.29) is 43.3 Å². The van der Waals surface area contributed by atoms with Crippen LogP contribution in [0.1, 0.15) is 51.1 Å². The van der Waals surface area contributed by atoms with Crippen molar-refractivity contribution in [1.29, 1.82) is 0 Å². The lowest BCUT2D eigenvalue weighted by molar-refractivity contribution is -0.147. The number of aliphatic hydroxyl groups is 1. The Morgan fingerprint density at radius 3 is 2.52 bits per heavy atom. The SMILES string of the molecule is C=CCCC(=O)OC[C@@H](NC(=O)[C@H]1[C@@H]2O[C@@]3(CC2Br)[C@@H]1C(=O)N([C@@H](CO)[C@@H](C)CC)[C@@H]3C(=O)N(CC=C)c1ccccc1Cl)c1ccccc1. The van der Waals surface area contributed by atoms with E-state index in [1.54, 1.807) is 36.4 Å². The maximum absolute atomic E-state index is 15.0. The fourth-order valence-electron chi connectivity index (χ4n) is 7.72. The lowest BCUT2D eigenvalue weighted by atomic mass is 9.70. The summed E-state index contributed by atoms with van der Waals surface area (Å²) in [6, 6.07) is 13.5. The van der Waals surface area contributed by atoms with Crippen LogP contribution in [-0.2, 0) is 28.7 Å². The van der Waals surface area contributed by atoms with Gasteiger partial charge in [0.15, 0.2) is 0 Å². The van der Waals surface area contributed by atoms with Gasteiger partial charge < -0.3 is 29.7 Å². The topological polar surface area (TPSA) is 125 Å². The molecule has 0 aromatic heterocycles. The van der Waals surface area contributed by atoms with Crippen molar-refractivity contribution in [2.24, 2.45) is 17.8 Å². The first-order chi connectivity index (χ1) is 24.0. The maximum Gasteiger partial charge on any atom is 0.306 e. The maximum atomic E-state index is 15.0. The van der Waals surface area contributed by atoms with Gasteiger partial charge in [-0.05, 0) is 36.5 Å². The normalized spacial score (nSPS) is 26.9. The van der Waals surface area contributed by atoms with Crippen LogP contribution >= 0.6 is 27.5 Å². The second-order valence-corrected chi connectivity index (χ2v) is 14.8. The molecule has 0 aliphatic carbocycles. The minimum absolute atomic E-state index is 0.102. The first kappa shape index (κ1) is 37.7. The third kappa shape index (κ3) is 7.02. The number of nitrogens with zero attached hydrogens (tertiary/aromatic N) is 2. The Morgan fingerprint density at radius 1 is 1.18 bits per heavy atom. The molecule has 2 N–H and O–H groups in total. The molecule has 10 nitrogen and oxygen atoms in total. The number of halogens is 2. The van der Waals surface area contributed by atoms with Gasteiger partial charge in [0.2, 0.25) is 11.8 Å². The Bertz CT molecular complexity index is 1590. The fraction of sp³-hybridized carbons (Fsp3) is 0.474. The van der Waals surface area contributed by atoms with Crippen LogP contribution in [0.25, 0.3) is 0 Å². The molecule has 50 heavy (non-hydrogen) atoms. The van der Waals surface area contributed by atoms with E-state index in [4.69, 9.17) is 21.1 Å². The summed E-state index contributed by atoms with van der Waals surface area (Å²) in [6.07, 6.45) is 4.03. The van der Waals surface area contributed by atoms with Crippen LogP contribution in [0, 0.1) is 17.8 Å². The summed E-state index contributed by atoms with van der Waals surface area (Å²) in [5.41, 5.74) is -0.215. The van der Waals surface area contributed by atoms with Gasteiger partial charge >= 0.3 is 5.97 Å². The number of likely N-dealkylation sites (tertiary alicyclic amines) is 1. The van der Waals surface area contributed by atoms with Gasteiger partial charge in [0.25, 0.3) is 5.91 Å². The van der Waals surface area contributed by atoms with Crippen molar-refractivity contribution in [2.75, 3.05) is 24.7 Å². The summed E-state index contributed by atoms with van der Waals surface area (Å²) in [7, 11) is 0. The van der Waals surface area contributed by atoms with Gasteiger partial charge in [-0.3, -0.25) is 19.2 Å². The number of rotatable bonds is 16. The van der Waals surface area contributed by atoms with Crippen molar-refractivity contribution in [1.82, 2.24) is 10.2 Å². The van der Waals surface area contributed by atoms with E-state index >= 15 is 0 Å². The number of anilines is 1. The quantitative estimate of drug-likeness (QED) is 0.134. The number of hydrogen-bond acceptors (Lipinski definition) is 7. The zero-order valence-corrected chi connectivity index (χ0v) is 30.7. The monoisotopic (exact) mass is 769 g/mol. The van der Waals surface area contributed by atoms with E-state index in [9.17, 15) is 24.3 Å². The molecule has 2 aromatic carbocycles. The average molecular weight is 771 g/mol. The number of amides is 3. The molecule has 0 saturated carbocycles. The van der Waals surface area contributed by atoms with Crippen LogP contribution in [0.15, 0.2) is 79.9 Å². The molecule has 3 amide bonds. The molecule has 1 unspecified atom stereocenters. The van der Waals surface area contributed by atoms with Crippen LogP contribution in [0.3, 0.4) is 0 Å². The number of alkyl halides is 1. The van der Waals surface area contributed by atoms with E-state index in [0.717, 1.165) is 5.56 Å². The number of fused-ring (bicyclic) bond motifs is 1. The van der Waals surface area contributed by atoms with Gasteiger partial charge in [-0.1, -0.05) is 102 Å². The number of carbonyl (C=O) groups is 4. The summed E-state index contributed by atoms with van der Waals surface area (Å²) < 4.78 is 12.3. The highest BCUT2D eigenvalue weighted by Crippen LogP contribution is 2.61. The molecule has 3 aliphatic heterocycles. The standard InChI is InChI=1S/C38H45BrClN3O7/c1-5-8-18-30(45)49-22-27(24-14-10-9-11-15-24)41-35(46)31-32-36(47)43(29(21-44)23(4)7-3)34(38(32)20-25(39)33(31)50-38)37(48)42(19-6-2)28-17-13-12-16-26(28)40/h5-6,9-17,23,25,27,29,31-34,44H,1-2,7-8,18-22H2,3-4H3,(H,41,46)/t23-,25?,27+,29-,31+,32-,33+,34+,38-/m0/s1. The second-order valence-electron chi connectivity index (χ2n) is 13.2. The van der Waals surface area contributed by atoms with Crippen LogP contribution in [0.4, 0.5) is 5.69 Å². The summed E-state index contributed by atoms with van der Waals surface area (Å²) in [4.78, 5) is 59.3. The van der Waals surface area contributed by atoms with Crippen LogP contribution < -0.4 is 10.2 Å². The molecule has 3 fully saturated rings. The molecule has 0 radical (unpaired) electrons. The Kier molecular flexibility index (Phi) is 12.2. The Hall–Kier alpha value is -3.51. The molecule has 268 valence electrons. The zero-order valence-electron chi connectivity index (χ0n) is 28.4. The highest BCUT2D eigenvalue weighted by molar-refractivity contribution is 9.09. The third-order valence-corrected chi connectivity index (χ3v) is 11.5. The molecular formula is C38H45BrClN3O7. The van der Waals surface area contributed by atoms with Gasteiger partial charge in [-0.2, -0.15) is 0 Å². The van der Waals surface area contributed by atoms with Gasteiger partial charge in [-0.25, -0.2) is 0 Å². The van der Waals surface area contributed by atoms with Crippen molar-refractivity contribution in [3.8, 4) is 0 Å². The average Bonchev–Trinajstić information content (AvgIpc) is 3.72. The molecule has 3 saturated heterocycles. The summed E-state index contributed by atoms with van der Waals surface area (Å²) in [6.45, 7) is 11.0. The lowest BCUT2D eigenvalue weighted by Gasteiger charge is -2.41. The van der Waals surface area contributed by atoms with Gasteiger partial charge in [-0.15, -0.1) is 13.2 Å². The highest BCUT2D eigenvalue weighted by Gasteiger charge is 2.77. The molecule has 9 atom stereocenters. The number of benzene rings is 2. The van der Waals surface area contributed by atoms with E-state index < -0.39 is 65.4 Å². The zero-order chi connectivity index (χ0) is 36.2. The predicted molar refractivity (Wildman–Crippen MR) is 195 cm³/mol. The molecular weight excluding hydrogens is 726 g/mol. The van der Waals surface area contributed by atoms with E-state index in [2.05, 4.69) is 34.4 Å². The third-order valence-electron chi connectivity index (χ3n) is 10.3. The Labute approximate surface area is 306 Å². The number of para-hydroxylation sites is 1. The molecule has 12 heteroatoms. The molecule has 3 aliphatic rings. The summed E-state index contributed by atoms with van der Waals surface area (Å²) >= 11 is 10.3.